The van der Waals surface area contributed by atoms with Gasteiger partial charge in [-0.05, 0) is 92.0 Å². The summed E-state index contributed by atoms with van der Waals surface area (Å²) in [5.41, 5.74) is 0. The molecule has 1 aliphatic rings. The maximum Gasteiger partial charge on any atom is 0.261 e. The lowest BCUT2D eigenvalue weighted by molar-refractivity contribution is -0.191. The second kappa shape index (κ2) is 16.5. The van der Waals surface area contributed by atoms with Crippen LogP contribution in [0.5, 0.6) is 0 Å². The molecule has 0 radical (unpaired) electrons. The van der Waals surface area contributed by atoms with E-state index in [4.69, 9.17) is 13.9 Å². The van der Waals surface area contributed by atoms with Crippen molar-refractivity contribution in [2.45, 2.75) is 119 Å². The fourth-order valence-electron chi connectivity index (χ4n) is 6.66. The summed E-state index contributed by atoms with van der Waals surface area (Å²) in [5, 5.41) is 2.57. The molecule has 252 valence electrons. The molecule has 8 heteroatoms. The fraction of sp³-hybridized carbons (Fsp3) is 0.526. The first kappa shape index (κ1) is 37.0. The molecule has 3 aromatic rings. The summed E-state index contributed by atoms with van der Waals surface area (Å²) in [6.45, 7) is 12.0. The van der Waals surface area contributed by atoms with Crippen LogP contribution in [-0.2, 0) is 23.7 Å². The van der Waals surface area contributed by atoms with E-state index in [0.717, 1.165) is 55.8 Å². The van der Waals surface area contributed by atoms with E-state index < -0.39 is 22.9 Å². The van der Waals surface area contributed by atoms with Gasteiger partial charge in [0.05, 0.1) is 15.7 Å². The molecule has 1 heterocycles. The first-order chi connectivity index (χ1) is 21.9. The number of benzene rings is 3. The Hall–Kier alpha value is -1.81. The van der Waals surface area contributed by atoms with Crippen LogP contribution in [0.25, 0.3) is 0 Å². The lowest BCUT2D eigenvalue weighted by Gasteiger charge is -2.43. The van der Waals surface area contributed by atoms with Gasteiger partial charge in [0.25, 0.3) is 8.32 Å². The van der Waals surface area contributed by atoms with Crippen molar-refractivity contribution in [1.29, 1.82) is 0 Å². The van der Waals surface area contributed by atoms with E-state index in [1.165, 1.54) is 10.4 Å². The van der Waals surface area contributed by atoms with Crippen LogP contribution in [0.1, 0.15) is 92.4 Å². The molecule has 2 atom stereocenters. The lowest BCUT2D eigenvalue weighted by atomic mass is 9.99. The molecule has 0 saturated carbocycles. The molecule has 1 aliphatic heterocycles. The molecule has 1 saturated heterocycles. The number of hydrogen-bond donors (Lipinski definition) is 0. The Kier molecular flexibility index (Phi) is 13.3. The molecular weight excluding hydrogens is 676 g/mol. The minimum atomic E-state index is -3.56. The van der Waals surface area contributed by atoms with Crippen molar-refractivity contribution in [3.05, 3.63) is 89.4 Å². The maximum atomic E-state index is 13.7. The summed E-state index contributed by atoms with van der Waals surface area (Å²) < 4.78 is 46.7. The number of unbranched alkanes of at least 4 members (excludes halogenated alkanes) is 3. The second-order valence-electron chi connectivity index (χ2n) is 14.2. The highest BCUT2D eigenvalue weighted by atomic mass is 79.9. The topological polar surface area (TPSA) is 61.8 Å². The molecule has 5 nitrogen and oxygen atoms in total. The molecule has 0 amide bonds. The smallest absolute Gasteiger partial charge is 0.261 e. The zero-order chi connectivity index (χ0) is 33.3. The molecule has 2 unspecified atom stereocenters. The average molecular weight is 730 g/mol. The van der Waals surface area contributed by atoms with Crippen LogP contribution in [0.3, 0.4) is 0 Å². The summed E-state index contributed by atoms with van der Waals surface area (Å²) in [6, 6.07) is 28.5. The Bertz CT molecular complexity index is 1390. The number of hydrogen-bond acceptors (Lipinski definition) is 5. The lowest BCUT2D eigenvalue weighted by Crippen LogP contribution is -2.66. The van der Waals surface area contributed by atoms with E-state index in [2.05, 4.69) is 97.4 Å². The van der Waals surface area contributed by atoms with Gasteiger partial charge in [-0.2, -0.15) is 0 Å². The fourth-order valence-corrected chi connectivity index (χ4v) is 13.1. The van der Waals surface area contributed by atoms with E-state index in [1.807, 2.05) is 13.8 Å². The van der Waals surface area contributed by atoms with Crippen molar-refractivity contribution in [3.8, 4) is 0 Å². The van der Waals surface area contributed by atoms with Crippen molar-refractivity contribution in [1.82, 2.24) is 0 Å². The third-order valence-electron chi connectivity index (χ3n) is 9.21. The molecule has 0 bridgehead atoms. The summed E-state index contributed by atoms with van der Waals surface area (Å²) in [5.74, 6) is 0. The van der Waals surface area contributed by atoms with E-state index in [9.17, 15) is 8.42 Å². The maximum absolute atomic E-state index is 13.7. The largest absolute Gasteiger partial charge is 0.407 e. The van der Waals surface area contributed by atoms with E-state index in [1.54, 1.807) is 24.3 Å². The van der Waals surface area contributed by atoms with Gasteiger partial charge in [-0.15, -0.1) is 0 Å². The first-order valence-corrected chi connectivity index (χ1v) is 21.1. The van der Waals surface area contributed by atoms with Crippen molar-refractivity contribution in [2.75, 3.05) is 13.2 Å². The zero-order valence-electron chi connectivity index (χ0n) is 28.3. The van der Waals surface area contributed by atoms with Crippen LogP contribution < -0.4 is 10.4 Å². The highest BCUT2D eigenvalue weighted by Crippen LogP contribution is 2.37. The van der Waals surface area contributed by atoms with Crippen LogP contribution in [0.2, 0.25) is 5.04 Å². The number of rotatable bonds is 16. The van der Waals surface area contributed by atoms with Crippen molar-refractivity contribution in [2.24, 2.45) is 0 Å². The van der Waals surface area contributed by atoms with E-state index >= 15 is 0 Å². The quantitative estimate of drug-likeness (QED) is 0.109. The Labute approximate surface area is 287 Å². The minimum absolute atomic E-state index is 0.0369. The Morgan fingerprint density at radius 3 is 1.96 bits per heavy atom. The monoisotopic (exact) mass is 728 g/mol. The molecule has 4 rings (SSSR count). The van der Waals surface area contributed by atoms with Gasteiger partial charge in [-0.25, -0.2) is 8.42 Å². The predicted molar refractivity (Wildman–Crippen MR) is 195 cm³/mol. The molecule has 0 spiro atoms. The van der Waals surface area contributed by atoms with Gasteiger partial charge < -0.3 is 13.9 Å². The molecule has 1 fully saturated rings. The predicted octanol–water partition coefficient (Wildman–Crippen LogP) is 8.83. The molecule has 0 N–H and O–H groups in total. The highest BCUT2D eigenvalue weighted by molar-refractivity contribution is 9.10. The molecular formula is C38H53BrO5SSi. The summed E-state index contributed by atoms with van der Waals surface area (Å²) >= 11 is 3.41. The summed E-state index contributed by atoms with van der Waals surface area (Å²) in [4.78, 5) is 0.342. The average Bonchev–Trinajstić information content (AvgIpc) is 3.03. The molecule has 0 aromatic heterocycles. The van der Waals surface area contributed by atoms with Crippen LogP contribution in [0.15, 0.2) is 94.3 Å². The normalized spacial score (nSPS) is 17.1. The number of sulfone groups is 1. The molecule has 46 heavy (non-hydrogen) atoms. The Balaban J connectivity index is 1.37. The van der Waals surface area contributed by atoms with Crippen molar-refractivity contribution >= 4 is 44.5 Å². The van der Waals surface area contributed by atoms with Gasteiger partial charge in [-0.1, -0.05) is 117 Å². The van der Waals surface area contributed by atoms with Crippen LogP contribution in [0, 0.1) is 0 Å². The van der Waals surface area contributed by atoms with Crippen LogP contribution in [0.4, 0.5) is 0 Å². The van der Waals surface area contributed by atoms with Crippen molar-refractivity contribution in [3.63, 3.8) is 0 Å². The number of ether oxygens (including phenoxy) is 2. The SMILES string of the molecule is CC(C)(C)[Si](OCCCCCCC(CC(C)(C)S(=O)(=O)c1ccc(Br)cc1)OC1CCCCO1)(c1ccccc1)c1ccccc1. The van der Waals surface area contributed by atoms with Gasteiger partial charge in [-0.3, -0.25) is 0 Å². The Morgan fingerprint density at radius 2 is 1.41 bits per heavy atom. The van der Waals surface area contributed by atoms with Crippen LogP contribution in [-0.4, -0.2) is 47.1 Å². The molecule has 3 aromatic carbocycles. The van der Waals surface area contributed by atoms with Gasteiger partial charge in [0.1, 0.15) is 0 Å². The zero-order valence-corrected chi connectivity index (χ0v) is 31.7. The molecule has 0 aliphatic carbocycles. The number of halogens is 1. The van der Waals surface area contributed by atoms with E-state index in [0.29, 0.717) is 24.5 Å². The Morgan fingerprint density at radius 1 is 0.826 bits per heavy atom. The van der Waals surface area contributed by atoms with Gasteiger partial charge in [0.15, 0.2) is 16.1 Å². The third-order valence-corrected chi connectivity index (χ3v) is 17.3. The van der Waals surface area contributed by atoms with Gasteiger partial charge >= 0.3 is 0 Å². The third kappa shape index (κ3) is 9.20. The van der Waals surface area contributed by atoms with Crippen LogP contribution >= 0.6 is 15.9 Å². The highest BCUT2D eigenvalue weighted by Gasteiger charge is 2.50. The van der Waals surface area contributed by atoms with Gasteiger partial charge in [0, 0.05) is 17.7 Å². The first-order valence-electron chi connectivity index (χ1n) is 16.9. The summed E-state index contributed by atoms with van der Waals surface area (Å²) in [6.07, 6.45) is 7.76. The minimum Gasteiger partial charge on any atom is -0.407 e. The second-order valence-corrected chi connectivity index (χ2v) is 22.0. The van der Waals surface area contributed by atoms with E-state index in [-0.39, 0.29) is 17.4 Å². The standard InChI is InChI=1S/C38H53BrO5SSi/c1-37(2,3)46(34-19-11-8-12-20-34,35-21-13-9-14-22-35)43-29-16-7-6-10-18-32(44-36-23-15-17-28-42-36)30-38(4,5)45(40,41)33-26-24-31(39)25-27-33/h8-9,11-14,19-22,24-27,32,36H,6-7,10,15-18,23,28-30H2,1-5H3. The van der Waals surface area contributed by atoms with Gasteiger partial charge in [0.2, 0.25) is 0 Å². The van der Waals surface area contributed by atoms with Crippen molar-refractivity contribution < 1.29 is 22.3 Å². The summed E-state index contributed by atoms with van der Waals surface area (Å²) in [7, 11) is -6.09.